The summed E-state index contributed by atoms with van der Waals surface area (Å²) < 4.78 is 31.4. The summed E-state index contributed by atoms with van der Waals surface area (Å²) in [6.45, 7) is 5.53. The van der Waals surface area contributed by atoms with E-state index >= 15 is 0 Å². The van der Waals surface area contributed by atoms with Crippen LogP contribution in [0.4, 0.5) is 5.69 Å². The van der Waals surface area contributed by atoms with E-state index in [-0.39, 0.29) is 48.8 Å². The molecule has 2 aromatic carbocycles. The molecule has 0 unspecified atom stereocenters. The van der Waals surface area contributed by atoms with Crippen molar-refractivity contribution in [3.8, 4) is 5.75 Å². The molecule has 0 aliphatic carbocycles. The molecule has 2 amide bonds. The monoisotopic (exact) mass is 605 g/mol. The molecule has 0 heterocycles. The van der Waals surface area contributed by atoms with Crippen LogP contribution in [0, 0.1) is 0 Å². The van der Waals surface area contributed by atoms with Crippen LogP contribution >= 0.6 is 34.8 Å². The molecule has 1 N–H and O–H groups in total. The molecule has 0 aliphatic rings. The van der Waals surface area contributed by atoms with Gasteiger partial charge >= 0.3 is 0 Å². The van der Waals surface area contributed by atoms with E-state index in [2.05, 4.69) is 5.32 Å². The van der Waals surface area contributed by atoms with E-state index in [1.54, 1.807) is 37.3 Å². The molecule has 0 aliphatic heterocycles. The molecule has 0 radical (unpaired) electrons. The maximum Gasteiger partial charge on any atom is 0.242 e. The third kappa shape index (κ3) is 8.66. The fraction of sp³-hybridized carbons (Fsp3) is 0.462. The third-order valence-electron chi connectivity index (χ3n) is 6.13. The van der Waals surface area contributed by atoms with E-state index in [0.717, 1.165) is 12.7 Å². The van der Waals surface area contributed by atoms with E-state index in [0.29, 0.717) is 27.0 Å². The second-order valence-corrected chi connectivity index (χ2v) is 12.1. The van der Waals surface area contributed by atoms with E-state index in [1.165, 1.54) is 22.4 Å². The number of carbonyl (C=O) groups excluding carboxylic acids is 2. The largest absolute Gasteiger partial charge is 0.495 e. The lowest BCUT2D eigenvalue weighted by molar-refractivity contribution is -0.140. The van der Waals surface area contributed by atoms with Gasteiger partial charge in [0, 0.05) is 41.2 Å². The molecule has 0 saturated heterocycles. The maximum absolute atomic E-state index is 13.4. The first-order valence-corrected chi connectivity index (χ1v) is 15.1. The summed E-state index contributed by atoms with van der Waals surface area (Å²) in [6, 6.07) is 8.81. The van der Waals surface area contributed by atoms with Crippen molar-refractivity contribution in [3.63, 3.8) is 0 Å². The maximum atomic E-state index is 13.4. The highest BCUT2D eigenvalue weighted by Crippen LogP contribution is 2.31. The van der Waals surface area contributed by atoms with Crippen molar-refractivity contribution < 1.29 is 22.7 Å². The number of benzene rings is 2. The van der Waals surface area contributed by atoms with E-state index in [1.807, 2.05) is 13.8 Å². The van der Waals surface area contributed by atoms with Crippen molar-refractivity contribution in [1.29, 1.82) is 0 Å². The number of amides is 2. The van der Waals surface area contributed by atoms with Crippen molar-refractivity contribution in [3.05, 3.63) is 57.0 Å². The predicted octanol–water partition coefficient (Wildman–Crippen LogP) is 5.53. The van der Waals surface area contributed by atoms with Gasteiger partial charge in [-0.15, -0.1) is 0 Å². The van der Waals surface area contributed by atoms with Crippen LogP contribution in [0.5, 0.6) is 5.75 Å². The van der Waals surface area contributed by atoms with Crippen LogP contribution in [-0.4, -0.2) is 57.1 Å². The summed E-state index contributed by atoms with van der Waals surface area (Å²) in [5.74, 6) is -0.229. The van der Waals surface area contributed by atoms with Crippen molar-refractivity contribution >= 4 is 62.3 Å². The third-order valence-corrected chi connectivity index (χ3v) is 8.33. The SMILES string of the molecule is CC[C@H](C)NC(=O)[C@@H](C)N(Cc1c(Cl)cccc1Cl)C(=O)CCCN(c1ccc(OC)c(Cl)c1)S(C)(=O)=O. The summed E-state index contributed by atoms with van der Waals surface area (Å²) in [5, 5.41) is 3.92. The Bertz CT molecular complexity index is 1220. The molecule has 0 saturated carbocycles. The van der Waals surface area contributed by atoms with Crippen LogP contribution in [0.1, 0.15) is 45.6 Å². The average Bonchev–Trinajstić information content (AvgIpc) is 2.85. The van der Waals surface area contributed by atoms with Gasteiger partial charge < -0.3 is 15.0 Å². The van der Waals surface area contributed by atoms with Gasteiger partial charge in [0.1, 0.15) is 11.8 Å². The number of sulfonamides is 1. The number of hydrogen-bond acceptors (Lipinski definition) is 5. The average molecular weight is 607 g/mol. The fourth-order valence-electron chi connectivity index (χ4n) is 3.72. The molecule has 2 atom stereocenters. The summed E-state index contributed by atoms with van der Waals surface area (Å²) in [4.78, 5) is 27.8. The lowest BCUT2D eigenvalue weighted by Gasteiger charge is -2.30. The summed E-state index contributed by atoms with van der Waals surface area (Å²) in [6.07, 6.45) is 2.00. The molecule has 0 aromatic heterocycles. The van der Waals surface area contributed by atoms with Gasteiger partial charge in [0.2, 0.25) is 21.8 Å². The normalized spacial score (nSPS) is 12.9. The molecule has 0 fully saturated rings. The Morgan fingerprint density at radius 2 is 1.68 bits per heavy atom. The Labute approximate surface area is 240 Å². The lowest BCUT2D eigenvalue weighted by atomic mass is 10.1. The van der Waals surface area contributed by atoms with Crippen LogP contribution in [-0.2, 0) is 26.2 Å². The first-order chi connectivity index (χ1) is 17.8. The van der Waals surface area contributed by atoms with Crippen LogP contribution in [0.2, 0.25) is 15.1 Å². The summed E-state index contributed by atoms with van der Waals surface area (Å²) in [7, 11) is -2.20. The second-order valence-electron chi connectivity index (χ2n) is 8.97. The minimum absolute atomic E-state index is 0.0150. The van der Waals surface area contributed by atoms with Crippen molar-refractivity contribution in [1.82, 2.24) is 10.2 Å². The zero-order valence-electron chi connectivity index (χ0n) is 22.1. The topological polar surface area (TPSA) is 96.0 Å². The molecular weight excluding hydrogens is 573 g/mol. The van der Waals surface area contributed by atoms with Gasteiger partial charge in [-0.2, -0.15) is 0 Å². The number of hydrogen-bond donors (Lipinski definition) is 1. The van der Waals surface area contributed by atoms with Gasteiger partial charge in [-0.05, 0) is 57.0 Å². The van der Waals surface area contributed by atoms with Crippen LogP contribution in [0.3, 0.4) is 0 Å². The van der Waals surface area contributed by atoms with Crippen molar-refractivity contribution in [2.45, 2.75) is 58.7 Å². The molecule has 8 nitrogen and oxygen atoms in total. The minimum Gasteiger partial charge on any atom is -0.495 e. The zero-order valence-corrected chi connectivity index (χ0v) is 25.2. The van der Waals surface area contributed by atoms with Gasteiger partial charge in [0.05, 0.1) is 24.1 Å². The fourth-order valence-corrected chi connectivity index (χ4v) is 5.44. The smallest absolute Gasteiger partial charge is 0.242 e. The van der Waals surface area contributed by atoms with Gasteiger partial charge in [-0.25, -0.2) is 8.42 Å². The van der Waals surface area contributed by atoms with Gasteiger partial charge in [-0.3, -0.25) is 13.9 Å². The summed E-state index contributed by atoms with van der Waals surface area (Å²) in [5.41, 5.74) is 0.879. The first kappa shape index (κ1) is 32.0. The Morgan fingerprint density at radius 1 is 1.05 bits per heavy atom. The number of anilines is 1. The number of rotatable bonds is 13. The van der Waals surface area contributed by atoms with E-state index < -0.39 is 16.1 Å². The second kappa shape index (κ2) is 14.3. The Hall–Kier alpha value is -2.20. The minimum atomic E-state index is -3.67. The quantitative estimate of drug-likeness (QED) is 0.323. The Morgan fingerprint density at radius 3 is 2.21 bits per heavy atom. The van der Waals surface area contributed by atoms with Crippen LogP contribution in [0.25, 0.3) is 0 Å². The van der Waals surface area contributed by atoms with Crippen molar-refractivity contribution in [2.75, 3.05) is 24.2 Å². The molecule has 2 aromatic rings. The predicted molar refractivity (Wildman–Crippen MR) is 154 cm³/mol. The molecule has 0 bridgehead atoms. The number of carbonyl (C=O) groups is 2. The van der Waals surface area contributed by atoms with Crippen LogP contribution < -0.4 is 14.4 Å². The lowest BCUT2D eigenvalue weighted by Crippen LogP contribution is -2.49. The van der Waals surface area contributed by atoms with E-state index in [9.17, 15) is 18.0 Å². The zero-order chi connectivity index (χ0) is 28.6. The standard InChI is InChI=1S/C26H34Cl3N3O5S/c1-6-17(2)30-26(34)18(3)31(16-20-21(27)9-7-10-22(20)28)25(33)11-8-14-32(38(5,35)36)19-12-13-24(37-4)23(29)15-19/h7,9-10,12-13,15,17-18H,6,8,11,14,16H2,1-5H3,(H,30,34)/t17-,18+/m0/s1. The molecule has 2 rings (SSSR count). The first-order valence-electron chi connectivity index (χ1n) is 12.1. The highest BCUT2D eigenvalue weighted by molar-refractivity contribution is 7.92. The number of halogens is 3. The molecule has 12 heteroatoms. The number of methoxy groups -OCH3 is 1. The van der Waals surface area contributed by atoms with Crippen molar-refractivity contribution in [2.24, 2.45) is 0 Å². The number of nitrogens with one attached hydrogen (secondary N) is 1. The summed E-state index contributed by atoms with van der Waals surface area (Å²) >= 11 is 18.9. The molecular formula is C26H34Cl3N3O5S. The van der Waals surface area contributed by atoms with Gasteiger partial charge in [0.25, 0.3) is 0 Å². The molecule has 38 heavy (non-hydrogen) atoms. The Kier molecular flexibility index (Phi) is 12.0. The van der Waals surface area contributed by atoms with E-state index in [4.69, 9.17) is 39.5 Å². The van der Waals surface area contributed by atoms with Gasteiger partial charge in [0.15, 0.2) is 0 Å². The molecule has 210 valence electrons. The number of ether oxygens (including phenoxy) is 1. The highest BCUT2D eigenvalue weighted by Gasteiger charge is 2.28. The van der Waals surface area contributed by atoms with Crippen LogP contribution in [0.15, 0.2) is 36.4 Å². The molecule has 0 spiro atoms. The van der Waals surface area contributed by atoms with Gasteiger partial charge in [-0.1, -0.05) is 47.8 Å². The Balaban J connectivity index is 2.25. The highest BCUT2D eigenvalue weighted by atomic mass is 35.5. The number of nitrogens with zero attached hydrogens (tertiary/aromatic N) is 2.